The number of carbonyl (C=O) groups is 2. The molecule has 0 saturated heterocycles. The highest BCUT2D eigenvalue weighted by Crippen LogP contribution is 2.44. The minimum Gasteiger partial charge on any atom is -0.450 e. The van der Waals surface area contributed by atoms with E-state index >= 15 is 0 Å². The van der Waals surface area contributed by atoms with Crippen LogP contribution in [0.3, 0.4) is 0 Å². The van der Waals surface area contributed by atoms with Gasteiger partial charge in [-0.2, -0.15) is 13.2 Å². The molecule has 192 valence electrons. The molecule has 0 aliphatic heterocycles. The number of anilines is 1. The molecular weight excluding hydrogens is 510 g/mol. The normalized spacial score (nSPS) is 15.9. The van der Waals surface area contributed by atoms with Gasteiger partial charge in [0.05, 0.1) is 28.6 Å². The van der Waals surface area contributed by atoms with Crippen molar-refractivity contribution in [2.45, 2.75) is 44.9 Å². The number of hydrogen-bond acceptors (Lipinski definition) is 3. The Morgan fingerprint density at radius 1 is 1.09 bits per heavy atom. The third-order valence-electron chi connectivity index (χ3n) is 5.50. The second kappa shape index (κ2) is 12.5. The van der Waals surface area contributed by atoms with Crippen molar-refractivity contribution in [3.63, 3.8) is 0 Å². The summed E-state index contributed by atoms with van der Waals surface area (Å²) in [6.45, 7) is 3.44. The minimum atomic E-state index is -4.56. The number of alkyl halides is 3. The number of carbonyl (C=O) groups excluding carboxylic acids is 1. The van der Waals surface area contributed by atoms with E-state index in [1.165, 1.54) is 24.3 Å². The average Bonchev–Trinajstić information content (AvgIpc) is 3.59. The third-order valence-corrected chi connectivity index (χ3v) is 6.08. The van der Waals surface area contributed by atoms with Gasteiger partial charge >= 0.3 is 12.3 Å². The first-order valence-electron chi connectivity index (χ1n) is 10.8. The highest BCUT2D eigenvalue weighted by atomic mass is 35.5. The van der Waals surface area contributed by atoms with E-state index in [1.807, 2.05) is 13.0 Å². The predicted octanol–water partition coefficient (Wildman–Crippen LogP) is 7.62. The number of amides is 1. The van der Waals surface area contributed by atoms with Gasteiger partial charge in [-0.3, -0.25) is 4.79 Å². The zero-order valence-electron chi connectivity index (χ0n) is 19.0. The van der Waals surface area contributed by atoms with Gasteiger partial charge in [-0.05, 0) is 61.1 Å². The van der Waals surface area contributed by atoms with Crippen LogP contribution in [-0.4, -0.2) is 35.1 Å². The van der Waals surface area contributed by atoms with Crippen molar-refractivity contribution in [3.8, 4) is 0 Å². The second-order valence-corrected chi connectivity index (χ2v) is 8.93. The van der Waals surface area contributed by atoms with Crippen molar-refractivity contribution < 1.29 is 37.7 Å². The van der Waals surface area contributed by atoms with E-state index in [4.69, 9.17) is 42.9 Å². The van der Waals surface area contributed by atoms with E-state index < -0.39 is 30.1 Å². The van der Waals surface area contributed by atoms with Crippen molar-refractivity contribution >= 4 is 41.0 Å². The lowest BCUT2D eigenvalue weighted by molar-refractivity contribution is -0.178. The van der Waals surface area contributed by atoms with Gasteiger partial charge in [-0.25, -0.2) is 4.79 Å². The van der Waals surface area contributed by atoms with Gasteiger partial charge in [-0.1, -0.05) is 48.3 Å². The first-order chi connectivity index (χ1) is 16.3. The first-order valence-corrected chi connectivity index (χ1v) is 11.6. The summed E-state index contributed by atoms with van der Waals surface area (Å²) < 4.78 is 46.5. The number of hydrogen-bond donors (Lipinski definition) is 3. The third kappa shape index (κ3) is 8.59. The van der Waals surface area contributed by atoms with E-state index in [1.54, 1.807) is 12.1 Å². The summed E-state index contributed by atoms with van der Waals surface area (Å²) in [6.07, 6.45) is -4.41. The van der Waals surface area contributed by atoms with E-state index in [0.717, 1.165) is 25.3 Å². The van der Waals surface area contributed by atoms with Gasteiger partial charge in [0, 0.05) is 11.6 Å². The van der Waals surface area contributed by atoms with Crippen LogP contribution < -0.4 is 5.32 Å². The zero-order valence-corrected chi connectivity index (χ0v) is 20.5. The van der Waals surface area contributed by atoms with Gasteiger partial charge in [0.25, 0.3) is 0 Å². The molecule has 1 fully saturated rings. The van der Waals surface area contributed by atoms with Crippen LogP contribution in [0, 0.1) is 11.8 Å². The molecule has 1 aliphatic carbocycles. The van der Waals surface area contributed by atoms with Gasteiger partial charge in [0.1, 0.15) is 0 Å². The molecule has 0 aromatic heterocycles. The molecule has 2 aromatic carbocycles. The van der Waals surface area contributed by atoms with Crippen LogP contribution in [0.2, 0.25) is 10.0 Å². The predicted molar refractivity (Wildman–Crippen MR) is 127 cm³/mol. The molecule has 3 rings (SSSR count). The monoisotopic (exact) mass is 535 g/mol. The molecule has 3 N–H and O–H groups in total. The summed E-state index contributed by atoms with van der Waals surface area (Å²) in [6, 6.07) is 11.0. The quantitative estimate of drug-likeness (QED) is 0.323. The smallest absolute Gasteiger partial charge is 0.450 e. The minimum absolute atomic E-state index is 0.126. The standard InChI is InChI=1S/C23H24Cl2F3NO2.CH2O3/c1-3-31-21(15-4-5-15)16-8-11-18(25)19(12-16)29-22(30)20(13(2)23(26,27)28)14-6-9-17(24)10-7-14;2-1(3)4/h6-13,15,20-21H,3-5H2,1-2H3,(H,29,30);(H2,2,3,4)/t13-,20+,21?;/m1./s1. The number of benzene rings is 2. The molecule has 1 aliphatic rings. The molecule has 0 spiro atoms. The molecule has 11 heteroatoms. The Kier molecular flexibility index (Phi) is 10.2. The number of halogens is 5. The highest BCUT2D eigenvalue weighted by molar-refractivity contribution is 6.33. The molecule has 0 radical (unpaired) electrons. The number of nitrogens with one attached hydrogen (secondary N) is 1. The maximum absolute atomic E-state index is 13.5. The summed E-state index contributed by atoms with van der Waals surface area (Å²) in [5.74, 6) is -3.75. The second-order valence-electron chi connectivity index (χ2n) is 8.08. The average molecular weight is 536 g/mol. The Balaban J connectivity index is 0.00000100. The molecule has 1 amide bonds. The molecule has 0 heterocycles. The van der Waals surface area contributed by atoms with Crippen LogP contribution in [0.25, 0.3) is 0 Å². The highest BCUT2D eigenvalue weighted by Gasteiger charge is 2.45. The topological polar surface area (TPSA) is 95.9 Å². The maximum atomic E-state index is 13.5. The van der Waals surface area contributed by atoms with Gasteiger partial charge in [-0.15, -0.1) is 0 Å². The summed E-state index contributed by atoms with van der Waals surface area (Å²) in [5.41, 5.74) is 1.34. The Hall–Kier alpha value is -2.49. The fourth-order valence-corrected chi connectivity index (χ4v) is 3.93. The van der Waals surface area contributed by atoms with Crippen molar-refractivity contribution in [3.05, 3.63) is 63.6 Å². The Morgan fingerprint density at radius 2 is 1.63 bits per heavy atom. The largest absolute Gasteiger partial charge is 0.503 e. The lowest BCUT2D eigenvalue weighted by atomic mass is 9.86. The summed E-state index contributed by atoms with van der Waals surface area (Å²) in [7, 11) is 0. The fraction of sp³-hybridized carbons (Fsp3) is 0.417. The van der Waals surface area contributed by atoms with Crippen LogP contribution >= 0.6 is 23.2 Å². The van der Waals surface area contributed by atoms with Crippen molar-refractivity contribution in [1.82, 2.24) is 0 Å². The van der Waals surface area contributed by atoms with Crippen LogP contribution in [0.15, 0.2) is 42.5 Å². The van der Waals surface area contributed by atoms with E-state index in [2.05, 4.69) is 5.32 Å². The summed E-state index contributed by atoms with van der Waals surface area (Å²) in [4.78, 5) is 21.6. The van der Waals surface area contributed by atoms with Crippen LogP contribution in [0.4, 0.5) is 23.7 Å². The van der Waals surface area contributed by atoms with Crippen LogP contribution in [-0.2, 0) is 9.53 Å². The maximum Gasteiger partial charge on any atom is 0.503 e. The molecular formula is C24H26Cl2F3NO5. The van der Waals surface area contributed by atoms with Crippen LogP contribution in [0.1, 0.15) is 49.8 Å². The SMILES string of the molecule is CCOC(c1ccc(Cl)c(NC(=O)[C@H](c2ccc(Cl)cc2)[C@@H](C)C(F)(F)F)c1)C1CC1.O=C(O)O. The van der Waals surface area contributed by atoms with E-state index in [0.29, 0.717) is 17.5 Å². The molecule has 1 unspecified atom stereocenters. The number of ether oxygens (including phenoxy) is 1. The Morgan fingerprint density at radius 3 is 2.11 bits per heavy atom. The van der Waals surface area contributed by atoms with Crippen LogP contribution in [0.5, 0.6) is 0 Å². The first kappa shape index (κ1) is 28.7. The number of rotatable bonds is 8. The molecule has 2 aromatic rings. The molecule has 3 atom stereocenters. The lowest BCUT2D eigenvalue weighted by Gasteiger charge is -2.26. The molecule has 1 saturated carbocycles. The van der Waals surface area contributed by atoms with E-state index in [9.17, 15) is 18.0 Å². The van der Waals surface area contributed by atoms with Gasteiger partial charge in [0.15, 0.2) is 0 Å². The Labute approximate surface area is 211 Å². The fourth-order valence-electron chi connectivity index (χ4n) is 3.64. The molecule has 0 bridgehead atoms. The Bertz CT molecular complexity index is 1010. The van der Waals surface area contributed by atoms with E-state index in [-0.39, 0.29) is 22.4 Å². The molecule has 35 heavy (non-hydrogen) atoms. The zero-order chi connectivity index (χ0) is 26.3. The van der Waals surface area contributed by atoms with Gasteiger partial charge < -0.3 is 20.3 Å². The van der Waals surface area contributed by atoms with Crippen molar-refractivity contribution in [2.24, 2.45) is 11.8 Å². The summed E-state index contributed by atoms with van der Waals surface area (Å²) >= 11 is 12.1. The van der Waals surface area contributed by atoms with Crippen molar-refractivity contribution in [2.75, 3.05) is 11.9 Å². The number of carboxylic acid groups (broad SMARTS) is 2. The lowest BCUT2D eigenvalue weighted by Crippen LogP contribution is -2.34. The molecule has 6 nitrogen and oxygen atoms in total. The van der Waals surface area contributed by atoms with Crippen molar-refractivity contribution in [1.29, 1.82) is 0 Å². The van der Waals surface area contributed by atoms with Gasteiger partial charge in [0.2, 0.25) is 5.91 Å². The summed E-state index contributed by atoms with van der Waals surface area (Å²) in [5, 5.41) is 17.2.